The van der Waals surface area contributed by atoms with Crippen LogP contribution in [0.15, 0.2) is 41.0 Å². The predicted molar refractivity (Wildman–Crippen MR) is 288 cm³/mol. The van der Waals surface area contributed by atoms with Crippen LogP contribution in [-0.2, 0) is 66.5 Å². The maximum atomic E-state index is 16.1. The Kier molecular flexibility index (Phi) is 23.1. The fraction of sp³-hybridized carbons (Fsp3) is 0.709. The van der Waals surface area contributed by atoms with Crippen LogP contribution in [-0.4, -0.2) is 196 Å². The van der Waals surface area contributed by atoms with E-state index in [0.29, 0.717) is 32.0 Å². The third-order valence-corrected chi connectivity index (χ3v) is 16.6. The first kappa shape index (κ1) is 65.3. The summed E-state index contributed by atoms with van der Waals surface area (Å²) in [6, 6.07) is 2.92. The van der Waals surface area contributed by atoms with Gasteiger partial charge in [-0.3, -0.25) is 14.4 Å². The summed E-state index contributed by atoms with van der Waals surface area (Å²) in [5, 5.41) is 40.7. The molecule has 1 amide bonds. The number of esters is 4. The van der Waals surface area contributed by atoms with E-state index in [4.69, 9.17) is 56.8 Å². The first-order chi connectivity index (χ1) is 37.1. The van der Waals surface area contributed by atoms with E-state index in [-0.39, 0.29) is 67.5 Å². The summed E-state index contributed by atoms with van der Waals surface area (Å²) in [5.74, 6) is -5.68. The molecule has 0 aromatic heterocycles. The Morgan fingerprint density at radius 2 is 1.52 bits per heavy atom. The Balaban J connectivity index is 1.57. The summed E-state index contributed by atoms with van der Waals surface area (Å²) < 4.78 is 69.8. The van der Waals surface area contributed by atoms with Gasteiger partial charge in [0.25, 0.3) is 0 Å². The van der Waals surface area contributed by atoms with E-state index in [1.165, 1.54) is 66.2 Å². The average molecular weight is 1160 g/mol. The molecule has 0 radical (unpaired) electrons. The molecule has 2 saturated carbocycles. The van der Waals surface area contributed by atoms with Crippen LogP contribution in [0.1, 0.15) is 98.9 Å². The van der Waals surface area contributed by atoms with Gasteiger partial charge < -0.3 is 77.5 Å². The van der Waals surface area contributed by atoms with Crippen LogP contribution in [0.4, 0.5) is 4.79 Å². The molecule has 2 bridgehead atoms. The van der Waals surface area contributed by atoms with Crippen molar-refractivity contribution < 1.29 is 101 Å². The van der Waals surface area contributed by atoms with Crippen LogP contribution < -0.4 is 14.8 Å². The molecule has 79 heavy (non-hydrogen) atoms. The summed E-state index contributed by atoms with van der Waals surface area (Å²) in [6.07, 6.45) is -9.27. The van der Waals surface area contributed by atoms with Crippen molar-refractivity contribution in [3.63, 3.8) is 0 Å². The number of carbonyl (C=O) groups is 6. The highest BCUT2D eigenvalue weighted by Crippen LogP contribution is 2.64. The lowest BCUT2D eigenvalue weighted by molar-refractivity contribution is -0.346. The van der Waals surface area contributed by atoms with E-state index in [1.54, 1.807) is 56.2 Å². The zero-order valence-corrected chi connectivity index (χ0v) is 49.3. The number of hydrogen-bond acceptors (Lipinski definition) is 23. The minimum atomic E-state index is -2.54. The lowest BCUT2D eigenvalue weighted by atomic mass is 9.44. The summed E-state index contributed by atoms with van der Waals surface area (Å²) in [4.78, 5) is 86.0. The van der Waals surface area contributed by atoms with E-state index in [9.17, 15) is 39.3 Å². The fourth-order valence-electron chi connectivity index (χ4n) is 10.9. The summed E-state index contributed by atoms with van der Waals surface area (Å²) in [7, 11) is 6.09. The van der Waals surface area contributed by atoms with E-state index in [0.717, 1.165) is 12.7 Å². The first-order valence-corrected chi connectivity index (χ1v) is 28.9. The van der Waals surface area contributed by atoms with E-state index in [2.05, 4.69) is 5.32 Å². The normalized spacial score (nSPS) is 27.7. The Morgan fingerprint density at radius 1 is 0.899 bits per heavy atom. The Labute approximate surface area is 470 Å². The van der Waals surface area contributed by atoms with Gasteiger partial charge in [0.15, 0.2) is 23.6 Å². The van der Waals surface area contributed by atoms with E-state index < -0.39 is 125 Å². The van der Waals surface area contributed by atoms with Crippen LogP contribution >= 0.6 is 21.6 Å². The number of methoxy groups -OCH3 is 2. The van der Waals surface area contributed by atoms with Crippen molar-refractivity contribution in [3.8, 4) is 11.5 Å². The number of fused-ring (bicyclic) bond motifs is 5. The molecule has 11 atom stereocenters. The van der Waals surface area contributed by atoms with Crippen molar-refractivity contribution in [2.45, 2.75) is 148 Å². The number of alkyl carbamates (subject to hydrolysis) is 1. The van der Waals surface area contributed by atoms with Crippen LogP contribution in [0.2, 0.25) is 0 Å². The van der Waals surface area contributed by atoms with E-state index >= 15 is 4.79 Å². The van der Waals surface area contributed by atoms with Gasteiger partial charge in [-0.15, -0.1) is 0 Å². The lowest BCUT2D eigenvalue weighted by Gasteiger charge is -2.67. The number of ether oxygens (including phenoxy) is 12. The number of benzene rings is 1. The third kappa shape index (κ3) is 15.1. The second-order valence-corrected chi connectivity index (χ2v) is 24.5. The minimum absolute atomic E-state index is 0.0267. The topological polar surface area (TPSA) is 286 Å². The third-order valence-electron chi connectivity index (χ3n) is 14.8. The Bertz CT molecular complexity index is 2390. The molecule has 1 aliphatic heterocycles. The SMILES string of the molecule is COc1ccc(OC)c(C(=O)O[C@H]2C3[C@](C)(C(=O)[C@H](OC(=O)CCOCCOCCOCCOCCSSC)C4=C(C)[C@@H](OC(=O)[C@H](O)[C@H](C=C(C)C)NC(=O)OC(C)(C)C)C[C@]2(O)C4(C)C)C(O)C[C@H]2OC[C@@]32OC(C)=O)c1. The molecule has 0 spiro atoms. The van der Waals surface area contributed by atoms with Gasteiger partial charge in [-0.25, -0.2) is 14.4 Å². The highest BCUT2D eigenvalue weighted by molar-refractivity contribution is 8.76. The number of carbonyl (C=O) groups excluding carboxylic acids is 6. The van der Waals surface area contributed by atoms with Crippen LogP contribution in [0.3, 0.4) is 0 Å². The van der Waals surface area contributed by atoms with Gasteiger partial charge in [-0.2, -0.15) is 0 Å². The highest BCUT2D eigenvalue weighted by Gasteiger charge is 2.78. The fourth-order valence-corrected chi connectivity index (χ4v) is 12.0. The molecule has 444 valence electrons. The molecule has 3 aliphatic carbocycles. The molecule has 1 aromatic carbocycles. The highest BCUT2D eigenvalue weighted by atomic mass is 33.1. The second-order valence-electron chi connectivity index (χ2n) is 21.8. The predicted octanol–water partition coefficient (Wildman–Crippen LogP) is 4.89. The Morgan fingerprint density at radius 3 is 2.06 bits per heavy atom. The molecule has 4 aliphatic rings. The van der Waals surface area contributed by atoms with Crippen molar-refractivity contribution in [2.75, 3.05) is 85.7 Å². The molecule has 1 heterocycles. The number of nitrogens with one attached hydrogen (secondary N) is 1. The molecule has 22 nitrogen and oxygen atoms in total. The molecule has 3 fully saturated rings. The molecule has 1 saturated heterocycles. The zero-order valence-electron chi connectivity index (χ0n) is 47.6. The molecular formula is C55H81NO21S2. The molecule has 4 N–H and O–H groups in total. The number of allylic oxidation sites excluding steroid dienone is 1. The Hall–Kier alpha value is -4.50. The van der Waals surface area contributed by atoms with Crippen LogP contribution in [0.5, 0.6) is 11.5 Å². The largest absolute Gasteiger partial charge is 0.497 e. The molecule has 1 aromatic rings. The van der Waals surface area contributed by atoms with Crippen molar-refractivity contribution in [3.05, 3.63) is 46.6 Å². The van der Waals surface area contributed by atoms with Crippen molar-refractivity contribution in [1.82, 2.24) is 5.32 Å². The maximum absolute atomic E-state index is 16.1. The van der Waals surface area contributed by atoms with Crippen molar-refractivity contribution in [1.29, 1.82) is 0 Å². The van der Waals surface area contributed by atoms with Gasteiger partial charge in [0.2, 0.25) is 0 Å². The molecule has 2 unspecified atom stereocenters. The number of rotatable bonds is 27. The second kappa shape index (κ2) is 28.0. The number of ketones is 1. The van der Waals surface area contributed by atoms with Gasteiger partial charge in [-0.1, -0.05) is 47.1 Å². The van der Waals surface area contributed by atoms with Crippen molar-refractivity contribution >= 4 is 57.3 Å². The lowest BCUT2D eigenvalue weighted by Crippen LogP contribution is -2.82. The molecular weight excluding hydrogens is 1070 g/mol. The smallest absolute Gasteiger partial charge is 0.408 e. The number of hydrogen-bond donors (Lipinski definition) is 4. The van der Waals surface area contributed by atoms with Gasteiger partial charge in [0.05, 0.1) is 104 Å². The van der Waals surface area contributed by atoms with Crippen molar-refractivity contribution in [2.24, 2.45) is 16.7 Å². The maximum Gasteiger partial charge on any atom is 0.408 e. The van der Waals surface area contributed by atoms with Gasteiger partial charge >= 0.3 is 30.0 Å². The van der Waals surface area contributed by atoms with Gasteiger partial charge in [-0.05, 0) is 84.1 Å². The van der Waals surface area contributed by atoms with Gasteiger partial charge in [0.1, 0.15) is 46.6 Å². The van der Waals surface area contributed by atoms with Crippen LogP contribution in [0, 0.1) is 16.7 Å². The first-order valence-electron chi connectivity index (χ1n) is 26.2. The van der Waals surface area contributed by atoms with E-state index in [1.807, 2.05) is 6.26 Å². The number of aliphatic hydroxyl groups excluding tert-OH is 2. The summed E-state index contributed by atoms with van der Waals surface area (Å²) >= 11 is 0. The van der Waals surface area contributed by atoms with Crippen LogP contribution in [0.25, 0.3) is 0 Å². The van der Waals surface area contributed by atoms with Gasteiger partial charge in [0, 0.05) is 30.9 Å². The summed E-state index contributed by atoms with van der Waals surface area (Å²) in [6.45, 7) is 17.1. The molecule has 5 rings (SSSR count). The minimum Gasteiger partial charge on any atom is -0.497 e. The number of Topliss-reactive ketones (excluding diaryl/α,β-unsaturated/α-hetero) is 1. The standard InChI is InChI=1S/C55H81NO21S2/c1-31(2)26-36(56-50(64)77-51(5,6)7)43(60)49(63)73-38-29-55(65)47(75-48(62)35-27-34(66-11)14-15-37(35)67-12)45-53(10,39(58)28-40-54(45,30-72-40)76-33(4)57)46(61)44(42(32(38)3)52(55,8)9)74-41(59)16-17-68-18-19-69-20-21-70-22-23-71-24-25-79-78-13/h14-15,26-27,36,38-40,43-45,47,58,60,65H,16-25,28-30H2,1-13H3,(H,56,64)/t36-,38-,39?,40+,43+,44+,45?,47-,53+,54-,55+/m0/s1. The number of aliphatic hydroxyl groups is 3. The average Bonchev–Trinajstić information content (AvgIpc) is 3.56. The quantitative estimate of drug-likeness (QED) is 0.0300. The monoisotopic (exact) mass is 1160 g/mol. The summed E-state index contributed by atoms with van der Waals surface area (Å²) in [5.41, 5.74) is -8.96. The number of amides is 1. The zero-order chi connectivity index (χ0) is 58.7. The molecule has 24 heteroatoms.